The van der Waals surface area contributed by atoms with E-state index in [1.165, 1.54) is 28.5 Å². The van der Waals surface area contributed by atoms with E-state index in [-0.39, 0.29) is 0 Å². The standard InChI is InChI=1S/C21H21N3O2/c1-12-10-13(2)16-8-9-17-19(18(16)11-12)23-24(21(25)26-3)20(17)14-4-6-15(22)7-5-14/h4-7,10-11H,8-9,22H2,1-3H3. The summed E-state index contributed by atoms with van der Waals surface area (Å²) in [6, 6.07) is 11.9. The minimum Gasteiger partial charge on any atom is -0.451 e. The Morgan fingerprint density at radius 3 is 2.50 bits per heavy atom. The zero-order valence-electron chi connectivity index (χ0n) is 15.2. The predicted octanol–water partition coefficient (Wildman–Crippen LogP) is 4.13. The zero-order chi connectivity index (χ0) is 18.4. The van der Waals surface area contributed by atoms with Gasteiger partial charge in [0.2, 0.25) is 0 Å². The lowest BCUT2D eigenvalue weighted by Gasteiger charge is -2.19. The molecule has 1 heterocycles. The van der Waals surface area contributed by atoms with Crippen molar-refractivity contribution in [3.8, 4) is 22.5 Å². The van der Waals surface area contributed by atoms with Crippen molar-refractivity contribution >= 4 is 11.8 Å². The Bertz CT molecular complexity index is 1020. The number of hydrogen-bond acceptors (Lipinski definition) is 4. The van der Waals surface area contributed by atoms with Crippen LogP contribution < -0.4 is 5.73 Å². The van der Waals surface area contributed by atoms with Gasteiger partial charge in [-0.25, -0.2) is 4.79 Å². The number of carbonyl (C=O) groups excluding carboxylic acids is 1. The van der Waals surface area contributed by atoms with Gasteiger partial charge >= 0.3 is 6.09 Å². The van der Waals surface area contributed by atoms with Crippen LogP contribution in [0.25, 0.3) is 22.5 Å². The van der Waals surface area contributed by atoms with E-state index in [1.54, 1.807) is 0 Å². The number of nitrogens with two attached hydrogens (primary N) is 1. The average Bonchev–Trinajstić information content (AvgIpc) is 3.01. The molecule has 132 valence electrons. The number of benzene rings is 2. The van der Waals surface area contributed by atoms with Crippen LogP contribution in [0.5, 0.6) is 0 Å². The third kappa shape index (κ3) is 2.47. The molecule has 0 bridgehead atoms. The molecule has 5 nitrogen and oxygen atoms in total. The first-order chi connectivity index (χ1) is 12.5. The van der Waals surface area contributed by atoms with Gasteiger partial charge in [-0.15, -0.1) is 0 Å². The summed E-state index contributed by atoms with van der Waals surface area (Å²) < 4.78 is 6.35. The molecule has 0 radical (unpaired) electrons. The monoisotopic (exact) mass is 347 g/mol. The number of fused-ring (bicyclic) bond motifs is 3. The Morgan fingerprint density at radius 1 is 1.12 bits per heavy atom. The molecule has 0 spiro atoms. The highest BCUT2D eigenvalue weighted by molar-refractivity contribution is 5.85. The fourth-order valence-corrected chi connectivity index (χ4v) is 3.85. The van der Waals surface area contributed by atoms with Crippen LogP contribution in [0.3, 0.4) is 0 Å². The van der Waals surface area contributed by atoms with Gasteiger partial charge < -0.3 is 10.5 Å². The Kier molecular flexibility index (Phi) is 3.80. The minimum atomic E-state index is -0.489. The third-order valence-electron chi connectivity index (χ3n) is 5.01. The van der Waals surface area contributed by atoms with Crippen LogP contribution in [0.4, 0.5) is 10.5 Å². The summed E-state index contributed by atoms with van der Waals surface area (Å²) in [7, 11) is 1.37. The van der Waals surface area contributed by atoms with Gasteiger partial charge in [-0.1, -0.05) is 23.8 Å². The average molecular weight is 347 g/mol. The van der Waals surface area contributed by atoms with Gasteiger partial charge in [-0.3, -0.25) is 0 Å². The SMILES string of the molecule is COC(=O)n1nc2c(c1-c1ccc(N)cc1)CCc1c(C)cc(C)cc1-2. The summed E-state index contributed by atoms with van der Waals surface area (Å²) in [6.07, 6.45) is 1.28. The van der Waals surface area contributed by atoms with Crippen molar-refractivity contribution in [2.45, 2.75) is 26.7 Å². The summed E-state index contributed by atoms with van der Waals surface area (Å²) in [4.78, 5) is 12.4. The lowest BCUT2D eigenvalue weighted by molar-refractivity contribution is 0.169. The van der Waals surface area contributed by atoms with Gasteiger partial charge in [0.1, 0.15) is 0 Å². The van der Waals surface area contributed by atoms with Crippen molar-refractivity contribution in [1.29, 1.82) is 0 Å². The Balaban J connectivity index is 2.00. The van der Waals surface area contributed by atoms with Crippen molar-refractivity contribution < 1.29 is 9.53 Å². The highest BCUT2D eigenvalue weighted by Crippen LogP contribution is 2.40. The largest absolute Gasteiger partial charge is 0.451 e. The molecule has 0 atom stereocenters. The Morgan fingerprint density at radius 2 is 1.81 bits per heavy atom. The number of methoxy groups -OCH3 is 1. The van der Waals surface area contributed by atoms with E-state index in [9.17, 15) is 4.79 Å². The first-order valence-corrected chi connectivity index (χ1v) is 8.66. The second-order valence-electron chi connectivity index (χ2n) is 6.79. The molecule has 0 unspecified atom stereocenters. The third-order valence-corrected chi connectivity index (χ3v) is 5.01. The predicted molar refractivity (Wildman–Crippen MR) is 102 cm³/mol. The van der Waals surface area contributed by atoms with E-state index in [4.69, 9.17) is 10.5 Å². The van der Waals surface area contributed by atoms with Crippen molar-refractivity contribution in [2.24, 2.45) is 0 Å². The molecule has 5 heteroatoms. The number of aryl methyl sites for hydroxylation is 2. The number of aromatic nitrogens is 2. The van der Waals surface area contributed by atoms with Gasteiger partial charge in [0.15, 0.2) is 0 Å². The van der Waals surface area contributed by atoms with Crippen molar-refractivity contribution in [3.05, 3.63) is 58.7 Å². The maximum atomic E-state index is 12.4. The molecule has 2 aromatic carbocycles. The van der Waals surface area contributed by atoms with E-state index >= 15 is 0 Å². The fourth-order valence-electron chi connectivity index (χ4n) is 3.85. The Hall–Kier alpha value is -3.08. The van der Waals surface area contributed by atoms with E-state index in [0.29, 0.717) is 5.69 Å². The van der Waals surface area contributed by atoms with Crippen LogP contribution in [-0.2, 0) is 17.6 Å². The van der Waals surface area contributed by atoms with Gasteiger partial charge in [-0.2, -0.15) is 9.78 Å². The first-order valence-electron chi connectivity index (χ1n) is 8.66. The van der Waals surface area contributed by atoms with Crippen LogP contribution in [0, 0.1) is 13.8 Å². The number of nitrogen functional groups attached to an aromatic ring is 1. The Labute approximate surface area is 152 Å². The highest BCUT2D eigenvalue weighted by Gasteiger charge is 2.29. The smallest absolute Gasteiger partial charge is 0.435 e. The number of ether oxygens (including phenoxy) is 1. The van der Waals surface area contributed by atoms with Crippen LogP contribution in [0.2, 0.25) is 0 Å². The highest BCUT2D eigenvalue weighted by atomic mass is 16.5. The minimum absolute atomic E-state index is 0.489. The van der Waals surface area contributed by atoms with Crippen molar-refractivity contribution in [1.82, 2.24) is 9.78 Å². The van der Waals surface area contributed by atoms with E-state index in [1.807, 2.05) is 24.3 Å². The molecule has 0 amide bonds. The molecule has 0 fully saturated rings. The van der Waals surface area contributed by atoms with Gasteiger partial charge in [0.25, 0.3) is 0 Å². The summed E-state index contributed by atoms with van der Waals surface area (Å²) in [5.41, 5.74) is 15.0. The molecule has 4 rings (SSSR count). The summed E-state index contributed by atoms with van der Waals surface area (Å²) in [5.74, 6) is 0. The van der Waals surface area contributed by atoms with Crippen LogP contribution in [-0.4, -0.2) is 23.0 Å². The van der Waals surface area contributed by atoms with E-state index in [2.05, 4.69) is 31.1 Å². The van der Waals surface area contributed by atoms with Gasteiger partial charge in [0.05, 0.1) is 18.5 Å². The quantitative estimate of drug-likeness (QED) is 0.672. The molecule has 26 heavy (non-hydrogen) atoms. The van der Waals surface area contributed by atoms with E-state index in [0.717, 1.165) is 40.9 Å². The number of anilines is 1. The summed E-state index contributed by atoms with van der Waals surface area (Å²) in [6.45, 7) is 4.22. The number of nitrogens with zero attached hydrogens (tertiary/aromatic N) is 2. The summed E-state index contributed by atoms with van der Waals surface area (Å²) >= 11 is 0. The lowest BCUT2D eigenvalue weighted by atomic mass is 9.84. The molecule has 0 saturated carbocycles. The van der Waals surface area contributed by atoms with Crippen molar-refractivity contribution in [2.75, 3.05) is 12.8 Å². The maximum absolute atomic E-state index is 12.4. The van der Waals surface area contributed by atoms with Gasteiger partial charge in [0, 0.05) is 22.4 Å². The number of hydrogen-bond donors (Lipinski definition) is 1. The molecule has 1 aliphatic rings. The fraction of sp³-hybridized carbons (Fsp3) is 0.238. The van der Waals surface area contributed by atoms with Crippen molar-refractivity contribution in [3.63, 3.8) is 0 Å². The molecule has 1 aromatic heterocycles. The summed E-state index contributed by atoms with van der Waals surface area (Å²) in [5, 5.41) is 4.65. The number of carbonyl (C=O) groups is 1. The molecule has 2 N–H and O–H groups in total. The molecular formula is C21H21N3O2. The molecular weight excluding hydrogens is 326 g/mol. The number of rotatable bonds is 1. The molecule has 0 saturated heterocycles. The van der Waals surface area contributed by atoms with E-state index < -0.39 is 6.09 Å². The molecule has 0 aliphatic heterocycles. The van der Waals surface area contributed by atoms with Gasteiger partial charge in [-0.05, 0) is 56.0 Å². The normalized spacial score (nSPS) is 12.4. The zero-order valence-corrected chi connectivity index (χ0v) is 15.2. The topological polar surface area (TPSA) is 70.1 Å². The molecule has 3 aromatic rings. The first kappa shape index (κ1) is 16.4. The molecule has 1 aliphatic carbocycles. The second kappa shape index (κ2) is 6.02. The van der Waals surface area contributed by atoms with Crippen LogP contribution in [0.1, 0.15) is 22.3 Å². The second-order valence-corrected chi connectivity index (χ2v) is 6.79. The van der Waals surface area contributed by atoms with Crippen LogP contribution in [0.15, 0.2) is 36.4 Å². The maximum Gasteiger partial charge on any atom is 0.435 e. The van der Waals surface area contributed by atoms with Crippen LogP contribution >= 0.6 is 0 Å². The lowest BCUT2D eigenvalue weighted by Crippen LogP contribution is -2.14.